The van der Waals surface area contributed by atoms with Crippen LogP contribution >= 0.6 is 0 Å². The SMILES string of the molecule is Nc1cccnc1C(=O)NCCNC(=O)[O-]. The van der Waals surface area contributed by atoms with Gasteiger partial charge in [0, 0.05) is 19.3 Å². The Kier molecular flexibility index (Phi) is 4.07. The van der Waals surface area contributed by atoms with Gasteiger partial charge in [-0.2, -0.15) is 0 Å². The highest BCUT2D eigenvalue weighted by molar-refractivity contribution is 5.96. The van der Waals surface area contributed by atoms with Crippen LogP contribution in [0.2, 0.25) is 0 Å². The first-order valence-electron chi connectivity index (χ1n) is 4.55. The van der Waals surface area contributed by atoms with Crippen molar-refractivity contribution in [2.24, 2.45) is 0 Å². The average Bonchev–Trinajstić information content (AvgIpc) is 2.24. The van der Waals surface area contributed by atoms with Crippen LogP contribution in [0.25, 0.3) is 0 Å². The van der Waals surface area contributed by atoms with E-state index in [4.69, 9.17) is 5.73 Å². The maximum Gasteiger partial charge on any atom is 0.272 e. The fourth-order valence-electron chi connectivity index (χ4n) is 1.03. The predicted molar refractivity (Wildman–Crippen MR) is 54.4 cm³/mol. The lowest BCUT2D eigenvalue weighted by Crippen LogP contribution is -2.41. The smallest absolute Gasteiger partial charge is 0.272 e. The number of aromatic nitrogens is 1. The summed E-state index contributed by atoms with van der Waals surface area (Å²) in [6.45, 7) is 0.212. The van der Waals surface area contributed by atoms with Crippen molar-refractivity contribution in [1.82, 2.24) is 15.6 Å². The van der Waals surface area contributed by atoms with Gasteiger partial charge in [0.1, 0.15) is 6.09 Å². The Labute approximate surface area is 91.7 Å². The molecule has 0 aromatic carbocycles. The van der Waals surface area contributed by atoms with Crippen molar-refractivity contribution in [1.29, 1.82) is 0 Å². The van der Waals surface area contributed by atoms with E-state index in [2.05, 4.69) is 10.3 Å². The quantitative estimate of drug-likeness (QED) is 0.527. The van der Waals surface area contributed by atoms with E-state index in [-0.39, 0.29) is 24.5 Å². The Morgan fingerprint density at radius 2 is 2.06 bits per heavy atom. The number of amides is 2. The Morgan fingerprint density at radius 1 is 1.38 bits per heavy atom. The molecule has 0 unspecified atom stereocenters. The highest BCUT2D eigenvalue weighted by atomic mass is 16.4. The highest BCUT2D eigenvalue weighted by Gasteiger charge is 2.09. The molecular formula is C9H11N4O3-. The molecule has 7 heteroatoms. The zero-order valence-electron chi connectivity index (χ0n) is 8.40. The second-order valence-electron chi connectivity index (χ2n) is 2.91. The number of carbonyl (C=O) groups excluding carboxylic acids is 2. The molecule has 2 amide bonds. The van der Waals surface area contributed by atoms with Crippen molar-refractivity contribution >= 4 is 17.7 Å². The van der Waals surface area contributed by atoms with E-state index in [0.29, 0.717) is 0 Å². The molecule has 0 aliphatic rings. The molecule has 0 aliphatic heterocycles. The average molecular weight is 223 g/mol. The lowest BCUT2D eigenvalue weighted by molar-refractivity contribution is -0.250. The normalized spacial score (nSPS) is 9.50. The van der Waals surface area contributed by atoms with Crippen LogP contribution in [0.4, 0.5) is 10.5 Å². The standard InChI is InChI=1S/C9H12N4O3/c10-6-2-1-3-11-7(6)8(14)12-4-5-13-9(15)16/h1-3,13H,4-5,10H2,(H,12,14)(H,15,16)/p-1. The maximum atomic E-state index is 11.5. The van der Waals surface area contributed by atoms with Crippen LogP contribution < -0.4 is 21.5 Å². The molecule has 1 aromatic rings. The van der Waals surface area contributed by atoms with E-state index >= 15 is 0 Å². The van der Waals surface area contributed by atoms with Crippen LogP contribution in [0.5, 0.6) is 0 Å². The van der Waals surface area contributed by atoms with Crippen molar-refractivity contribution in [2.75, 3.05) is 18.8 Å². The molecule has 1 rings (SSSR count). The minimum atomic E-state index is -1.38. The topological polar surface area (TPSA) is 120 Å². The fourth-order valence-corrected chi connectivity index (χ4v) is 1.03. The van der Waals surface area contributed by atoms with Gasteiger partial charge in [-0.05, 0) is 12.1 Å². The summed E-state index contributed by atoms with van der Waals surface area (Å²) in [6, 6.07) is 3.17. The van der Waals surface area contributed by atoms with Gasteiger partial charge in [0.15, 0.2) is 5.69 Å². The molecule has 1 aromatic heterocycles. The Hall–Kier alpha value is -2.31. The summed E-state index contributed by atoms with van der Waals surface area (Å²) >= 11 is 0. The summed E-state index contributed by atoms with van der Waals surface area (Å²) in [6.07, 6.45) is 0.0663. The first-order valence-corrected chi connectivity index (χ1v) is 4.55. The van der Waals surface area contributed by atoms with Gasteiger partial charge >= 0.3 is 0 Å². The summed E-state index contributed by atoms with van der Waals surface area (Å²) in [5.74, 6) is -0.446. The second kappa shape index (κ2) is 5.54. The van der Waals surface area contributed by atoms with Crippen LogP contribution in [-0.2, 0) is 0 Å². The molecule has 1 heterocycles. The van der Waals surface area contributed by atoms with Gasteiger partial charge in [0.05, 0.1) is 5.69 Å². The number of hydrogen-bond donors (Lipinski definition) is 3. The number of anilines is 1. The van der Waals surface area contributed by atoms with Crippen molar-refractivity contribution in [3.8, 4) is 0 Å². The zero-order valence-corrected chi connectivity index (χ0v) is 8.40. The molecule has 0 saturated carbocycles. The second-order valence-corrected chi connectivity index (χ2v) is 2.91. The molecule has 0 saturated heterocycles. The Balaban J connectivity index is 2.41. The molecule has 0 atom stereocenters. The van der Waals surface area contributed by atoms with Gasteiger partial charge < -0.3 is 26.3 Å². The van der Waals surface area contributed by atoms with Crippen molar-refractivity contribution in [3.63, 3.8) is 0 Å². The number of nitrogens with zero attached hydrogens (tertiary/aromatic N) is 1. The number of nitrogens with two attached hydrogens (primary N) is 1. The molecule has 0 fully saturated rings. The van der Waals surface area contributed by atoms with E-state index < -0.39 is 12.0 Å². The third kappa shape index (κ3) is 3.45. The van der Waals surface area contributed by atoms with E-state index in [1.807, 2.05) is 5.32 Å². The number of rotatable bonds is 4. The van der Waals surface area contributed by atoms with Crippen molar-refractivity contribution in [2.45, 2.75) is 0 Å². The van der Waals surface area contributed by atoms with Crippen LogP contribution in [0.15, 0.2) is 18.3 Å². The van der Waals surface area contributed by atoms with Gasteiger partial charge in [0.2, 0.25) is 0 Å². The summed E-state index contributed by atoms with van der Waals surface area (Å²) in [7, 11) is 0. The lowest BCUT2D eigenvalue weighted by atomic mass is 10.3. The van der Waals surface area contributed by atoms with Gasteiger partial charge in [-0.1, -0.05) is 0 Å². The van der Waals surface area contributed by atoms with Gasteiger partial charge in [-0.25, -0.2) is 4.98 Å². The molecule has 16 heavy (non-hydrogen) atoms. The predicted octanol–water partition coefficient (Wildman–Crippen LogP) is -1.67. The summed E-state index contributed by atoms with van der Waals surface area (Å²) in [4.78, 5) is 25.3. The lowest BCUT2D eigenvalue weighted by Gasteiger charge is -2.08. The van der Waals surface area contributed by atoms with Crippen molar-refractivity contribution < 1.29 is 14.7 Å². The van der Waals surface area contributed by atoms with Crippen molar-refractivity contribution in [3.05, 3.63) is 24.0 Å². The number of carboxylic acid groups (broad SMARTS) is 1. The Bertz CT molecular complexity index is 394. The first kappa shape index (κ1) is 11.8. The van der Waals surface area contributed by atoms with E-state index in [1.165, 1.54) is 6.20 Å². The van der Waals surface area contributed by atoms with Crippen LogP contribution in [-0.4, -0.2) is 30.1 Å². The molecule has 86 valence electrons. The molecular weight excluding hydrogens is 212 g/mol. The zero-order chi connectivity index (χ0) is 12.0. The van der Waals surface area contributed by atoms with E-state index in [0.717, 1.165) is 0 Å². The van der Waals surface area contributed by atoms with E-state index in [1.54, 1.807) is 12.1 Å². The number of carbonyl (C=O) groups is 2. The molecule has 4 N–H and O–H groups in total. The summed E-state index contributed by atoms with van der Waals surface area (Å²) in [5, 5.41) is 14.5. The number of nitrogen functional groups attached to an aromatic ring is 1. The molecule has 0 bridgehead atoms. The minimum Gasteiger partial charge on any atom is -0.530 e. The minimum absolute atomic E-state index is 0.0702. The van der Waals surface area contributed by atoms with Gasteiger partial charge in [-0.3, -0.25) is 4.79 Å². The first-order chi connectivity index (χ1) is 7.61. The monoisotopic (exact) mass is 223 g/mol. The maximum absolute atomic E-state index is 11.5. The number of pyridine rings is 1. The summed E-state index contributed by atoms with van der Waals surface area (Å²) < 4.78 is 0. The van der Waals surface area contributed by atoms with E-state index in [9.17, 15) is 14.7 Å². The third-order valence-corrected chi connectivity index (χ3v) is 1.73. The third-order valence-electron chi connectivity index (χ3n) is 1.73. The molecule has 7 nitrogen and oxygen atoms in total. The fraction of sp³-hybridized carbons (Fsp3) is 0.222. The van der Waals surface area contributed by atoms with Gasteiger partial charge in [0.25, 0.3) is 5.91 Å². The Morgan fingerprint density at radius 3 is 2.69 bits per heavy atom. The summed E-state index contributed by atoms with van der Waals surface area (Å²) in [5.41, 5.74) is 5.92. The number of nitrogens with one attached hydrogen (secondary N) is 2. The molecule has 0 radical (unpaired) electrons. The van der Waals surface area contributed by atoms with Crippen LogP contribution in [0.3, 0.4) is 0 Å². The largest absolute Gasteiger partial charge is 0.530 e. The van der Waals surface area contributed by atoms with Gasteiger partial charge in [-0.15, -0.1) is 0 Å². The van der Waals surface area contributed by atoms with Crippen LogP contribution in [0.1, 0.15) is 10.5 Å². The number of hydrogen-bond acceptors (Lipinski definition) is 5. The molecule has 0 spiro atoms. The highest BCUT2D eigenvalue weighted by Crippen LogP contribution is 2.05. The molecule has 0 aliphatic carbocycles. The van der Waals surface area contributed by atoms with Crippen LogP contribution in [0, 0.1) is 0 Å².